The molecule has 33 heavy (non-hydrogen) atoms. The molecule has 0 N–H and O–H groups in total. The highest BCUT2D eigenvalue weighted by Gasteiger charge is 2.32. The van der Waals surface area contributed by atoms with Gasteiger partial charge in [-0.2, -0.15) is 5.10 Å². The molecule has 1 atom stereocenters. The van der Waals surface area contributed by atoms with Crippen LogP contribution in [0.3, 0.4) is 0 Å². The number of benzene rings is 1. The Labute approximate surface area is 196 Å². The Bertz CT molecular complexity index is 1040. The quantitative estimate of drug-likeness (QED) is 0.530. The first-order valence-corrected chi connectivity index (χ1v) is 11.5. The number of nitrogens with zero attached hydrogens (tertiary/aromatic N) is 5. The van der Waals surface area contributed by atoms with E-state index in [4.69, 9.17) is 4.74 Å². The molecule has 0 bridgehead atoms. The number of aromatic nitrogens is 3. The van der Waals surface area contributed by atoms with Crippen molar-refractivity contribution in [2.75, 3.05) is 27.2 Å². The molecular formula is C26H33N5O2. The maximum atomic E-state index is 12.9. The Morgan fingerprint density at radius 2 is 1.88 bits per heavy atom. The molecule has 1 aliphatic heterocycles. The van der Waals surface area contributed by atoms with Crippen molar-refractivity contribution >= 4 is 5.91 Å². The van der Waals surface area contributed by atoms with E-state index in [-0.39, 0.29) is 5.91 Å². The first kappa shape index (κ1) is 23.0. The fourth-order valence-electron chi connectivity index (χ4n) is 4.85. The number of rotatable bonds is 8. The number of ether oxygens (including phenoxy) is 1. The smallest absolute Gasteiger partial charge is 0.272 e. The van der Waals surface area contributed by atoms with Crippen molar-refractivity contribution in [3.05, 3.63) is 77.9 Å². The van der Waals surface area contributed by atoms with Gasteiger partial charge in [0.2, 0.25) is 0 Å². The zero-order chi connectivity index (χ0) is 23.2. The average Bonchev–Trinajstić information content (AvgIpc) is 3.28. The maximum absolute atomic E-state index is 12.9. The summed E-state index contributed by atoms with van der Waals surface area (Å²) in [5, 5.41) is 4.15. The summed E-state index contributed by atoms with van der Waals surface area (Å²) < 4.78 is 7.11. The minimum atomic E-state index is 0.0722. The van der Waals surface area contributed by atoms with Crippen molar-refractivity contribution < 1.29 is 9.53 Å². The van der Waals surface area contributed by atoms with E-state index in [1.165, 1.54) is 11.1 Å². The number of methoxy groups -OCH3 is 1. The monoisotopic (exact) mass is 447 g/mol. The van der Waals surface area contributed by atoms with Crippen LogP contribution in [0.4, 0.5) is 0 Å². The van der Waals surface area contributed by atoms with E-state index >= 15 is 0 Å². The summed E-state index contributed by atoms with van der Waals surface area (Å²) in [6, 6.07) is 14.7. The predicted octanol–water partition coefficient (Wildman–Crippen LogP) is 3.42. The van der Waals surface area contributed by atoms with Gasteiger partial charge in [-0.05, 0) is 73.7 Å². The van der Waals surface area contributed by atoms with E-state index in [0.29, 0.717) is 17.7 Å². The van der Waals surface area contributed by atoms with E-state index < -0.39 is 0 Å². The highest BCUT2D eigenvalue weighted by Crippen LogP contribution is 2.28. The molecule has 1 fully saturated rings. The summed E-state index contributed by atoms with van der Waals surface area (Å²) in [5.41, 5.74) is 3.18. The van der Waals surface area contributed by atoms with E-state index in [0.717, 1.165) is 44.6 Å². The van der Waals surface area contributed by atoms with Crippen molar-refractivity contribution in [3.63, 3.8) is 0 Å². The lowest BCUT2D eigenvalue weighted by Gasteiger charge is -2.40. The maximum Gasteiger partial charge on any atom is 0.272 e. The number of likely N-dealkylation sites (tertiary alicyclic amines) is 1. The first-order chi connectivity index (χ1) is 16.0. The van der Waals surface area contributed by atoms with Crippen LogP contribution in [0.15, 0.2) is 61.1 Å². The van der Waals surface area contributed by atoms with Crippen LogP contribution >= 0.6 is 0 Å². The molecule has 1 amide bonds. The minimum Gasteiger partial charge on any atom is -0.497 e. The van der Waals surface area contributed by atoms with Crippen molar-refractivity contribution in [2.24, 2.45) is 13.0 Å². The summed E-state index contributed by atoms with van der Waals surface area (Å²) in [6.45, 7) is 2.41. The van der Waals surface area contributed by atoms with Gasteiger partial charge in [-0.3, -0.25) is 19.4 Å². The molecule has 0 spiro atoms. The molecule has 4 rings (SSSR count). The van der Waals surface area contributed by atoms with Gasteiger partial charge in [0.25, 0.3) is 5.91 Å². The minimum absolute atomic E-state index is 0.0722. The summed E-state index contributed by atoms with van der Waals surface area (Å²) in [6.07, 6.45) is 8.29. The van der Waals surface area contributed by atoms with Gasteiger partial charge >= 0.3 is 0 Å². The number of hydrogen-bond acceptors (Lipinski definition) is 5. The molecule has 0 radical (unpaired) electrons. The lowest BCUT2D eigenvalue weighted by molar-refractivity contribution is 0.0593. The molecule has 0 saturated carbocycles. The first-order valence-electron chi connectivity index (χ1n) is 11.5. The molecule has 1 saturated heterocycles. The zero-order valence-electron chi connectivity index (χ0n) is 19.7. The van der Waals surface area contributed by atoms with E-state index in [9.17, 15) is 4.79 Å². The van der Waals surface area contributed by atoms with Gasteiger partial charge in [0.05, 0.1) is 7.11 Å². The molecule has 0 aliphatic carbocycles. The van der Waals surface area contributed by atoms with E-state index in [2.05, 4.69) is 52.4 Å². The van der Waals surface area contributed by atoms with Crippen molar-refractivity contribution in [3.8, 4) is 5.75 Å². The van der Waals surface area contributed by atoms with Crippen molar-refractivity contribution in [1.29, 1.82) is 0 Å². The molecule has 2 aromatic heterocycles. The lowest BCUT2D eigenvalue weighted by Crippen LogP contribution is -2.46. The van der Waals surface area contributed by atoms with Gasteiger partial charge in [-0.25, -0.2) is 0 Å². The highest BCUT2D eigenvalue weighted by molar-refractivity contribution is 5.92. The Morgan fingerprint density at radius 1 is 1.12 bits per heavy atom. The van der Waals surface area contributed by atoms with Crippen LogP contribution in [0.1, 0.15) is 34.5 Å². The molecule has 7 nitrogen and oxygen atoms in total. The van der Waals surface area contributed by atoms with Crippen LogP contribution < -0.4 is 4.74 Å². The third kappa shape index (κ3) is 5.60. The number of hydrogen-bond donors (Lipinski definition) is 0. The molecule has 7 heteroatoms. The second kappa shape index (κ2) is 10.6. The van der Waals surface area contributed by atoms with Crippen LogP contribution in [0, 0.1) is 5.92 Å². The SMILES string of the molecule is COc1cccc(CC(C2CCN(C(=O)c3ccnn3C)CC2)N(C)Cc2ccncc2)c1. The fourth-order valence-corrected chi connectivity index (χ4v) is 4.85. The third-order valence-electron chi connectivity index (χ3n) is 6.74. The number of carbonyl (C=O) groups is 1. The summed E-state index contributed by atoms with van der Waals surface area (Å²) >= 11 is 0. The summed E-state index contributed by atoms with van der Waals surface area (Å²) in [5.74, 6) is 1.46. The number of carbonyl (C=O) groups excluding carboxylic acids is 1. The molecule has 1 aliphatic rings. The predicted molar refractivity (Wildman–Crippen MR) is 128 cm³/mol. The van der Waals surface area contributed by atoms with Crippen LogP contribution in [0.25, 0.3) is 0 Å². The van der Waals surface area contributed by atoms with Gasteiger partial charge in [0, 0.05) is 51.3 Å². The molecule has 174 valence electrons. The molecule has 1 unspecified atom stereocenters. The Kier molecular flexibility index (Phi) is 7.40. The highest BCUT2D eigenvalue weighted by atomic mass is 16.5. The largest absolute Gasteiger partial charge is 0.497 e. The molecule has 1 aromatic carbocycles. The Morgan fingerprint density at radius 3 is 2.55 bits per heavy atom. The normalized spacial score (nSPS) is 15.6. The second-order valence-corrected chi connectivity index (χ2v) is 8.86. The topological polar surface area (TPSA) is 63.5 Å². The fraction of sp³-hybridized carbons (Fsp3) is 0.423. The summed E-state index contributed by atoms with van der Waals surface area (Å²) in [7, 11) is 5.73. The number of likely N-dealkylation sites (N-methyl/N-ethyl adjacent to an activating group) is 1. The van der Waals surface area contributed by atoms with Crippen molar-refractivity contribution in [1.82, 2.24) is 24.6 Å². The zero-order valence-corrected chi connectivity index (χ0v) is 19.7. The van der Waals surface area contributed by atoms with Crippen molar-refractivity contribution in [2.45, 2.75) is 31.8 Å². The Balaban J connectivity index is 1.48. The molecule has 3 aromatic rings. The number of pyridine rings is 1. The number of piperidine rings is 1. The van der Waals surface area contributed by atoms with Gasteiger partial charge in [0.1, 0.15) is 11.4 Å². The van der Waals surface area contributed by atoms with Crippen LogP contribution in [-0.4, -0.2) is 63.8 Å². The third-order valence-corrected chi connectivity index (χ3v) is 6.74. The average molecular weight is 448 g/mol. The number of aryl methyl sites for hydroxylation is 1. The number of amides is 1. The summed E-state index contributed by atoms with van der Waals surface area (Å²) in [4.78, 5) is 21.5. The van der Waals surface area contributed by atoms with Crippen LogP contribution in [0.5, 0.6) is 5.75 Å². The molecule has 3 heterocycles. The Hall–Kier alpha value is -3.19. The van der Waals surface area contributed by atoms with E-state index in [1.54, 1.807) is 24.1 Å². The molecular weight excluding hydrogens is 414 g/mol. The van der Waals surface area contributed by atoms with E-state index in [1.807, 2.05) is 30.4 Å². The van der Waals surface area contributed by atoms with Gasteiger partial charge in [0.15, 0.2) is 0 Å². The van der Waals surface area contributed by atoms with Gasteiger partial charge < -0.3 is 9.64 Å². The standard InChI is InChI=1S/C26H33N5O2/c1-29(19-20-7-12-27-13-8-20)25(18-21-5-4-6-23(17-21)33-3)22-10-15-31(16-11-22)26(32)24-9-14-28-30(24)2/h4-9,12-14,17,22,25H,10-11,15-16,18-19H2,1-3H3. The van der Waals surface area contributed by atoms with Crippen LogP contribution in [0.2, 0.25) is 0 Å². The van der Waals surface area contributed by atoms with Gasteiger partial charge in [-0.15, -0.1) is 0 Å². The lowest BCUT2D eigenvalue weighted by atomic mass is 9.84. The van der Waals surface area contributed by atoms with Crippen LogP contribution in [-0.2, 0) is 20.0 Å². The van der Waals surface area contributed by atoms with Gasteiger partial charge in [-0.1, -0.05) is 12.1 Å². The second-order valence-electron chi connectivity index (χ2n) is 8.86.